The van der Waals surface area contributed by atoms with Gasteiger partial charge in [-0.2, -0.15) is 0 Å². The lowest BCUT2D eigenvalue weighted by molar-refractivity contribution is -0.158. The van der Waals surface area contributed by atoms with E-state index in [2.05, 4.69) is 0 Å². The number of likely N-dealkylation sites (tertiary alicyclic amines) is 2. The Morgan fingerprint density at radius 1 is 0.600 bits per heavy atom. The Labute approximate surface area is 235 Å². The van der Waals surface area contributed by atoms with Gasteiger partial charge in [0, 0.05) is 24.9 Å². The first-order chi connectivity index (χ1) is 19.5. The zero-order valence-electron chi connectivity index (χ0n) is 22.9. The first-order valence-corrected chi connectivity index (χ1v) is 14.5. The lowest BCUT2D eigenvalue weighted by atomic mass is 9.79. The van der Waals surface area contributed by atoms with Gasteiger partial charge in [-0.1, -0.05) is 67.1 Å². The van der Waals surface area contributed by atoms with Gasteiger partial charge in [0.2, 0.25) is 11.8 Å². The highest BCUT2D eigenvalue weighted by Crippen LogP contribution is 2.35. The van der Waals surface area contributed by atoms with Crippen LogP contribution in [0.4, 0.5) is 0 Å². The Morgan fingerprint density at radius 3 is 1.45 bits per heavy atom. The first kappa shape index (κ1) is 27.9. The van der Waals surface area contributed by atoms with Crippen LogP contribution in [0.1, 0.15) is 62.5 Å². The minimum atomic E-state index is -0.574. The van der Waals surface area contributed by atoms with Crippen molar-refractivity contribution >= 4 is 23.8 Å². The van der Waals surface area contributed by atoms with Gasteiger partial charge < -0.3 is 19.3 Å². The summed E-state index contributed by atoms with van der Waals surface area (Å²) >= 11 is 0. The van der Waals surface area contributed by atoms with Gasteiger partial charge in [-0.05, 0) is 56.1 Å². The molecule has 1 aliphatic carbocycles. The number of hydrogen-bond donors (Lipinski definition) is 0. The van der Waals surface area contributed by atoms with Crippen LogP contribution in [0.3, 0.4) is 0 Å². The monoisotopic (exact) mass is 546 g/mol. The van der Waals surface area contributed by atoms with Crippen LogP contribution in [0, 0.1) is 11.8 Å². The maximum Gasteiger partial charge on any atom is 0.329 e. The fourth-order valence-electron chi connectivity index (χ4n) is 6.31. The molecule has 3 aliphatic rings. The molecule has 8 heteroatoms. The van der Waals surface area contributed by atoms with Gasteiger partial charge in [0.25, 0.3) is 0 Å². The van der Waals surface area contributed by atoms with Gasteiger partial charge in [-0.15, -0.1) is 0 Å². The molecule has 8 nitrogen and oxygen atoms in total. The van der Waals surface area contributed by atoms with Gasteiger partial charge >= 0.3 is 11.9 Å². The highest BCUT2D eigenvalue weighted by molar-refractivity contribution is 5.89. The molecule has 2 aromatic rings. The van der Waals surface area contributed by atoms with Crippen LogP contribution in [0.25, 0.3) is 0 Å². The third-order valence-electron chi connectivity index (χ3n) is 8.44. The topological polar surface area (TPSA) is 93.2 Å². The van der Waals surface area contributed by atoms with Gasteiger partial charge in [0.05, 0.1) is 0 Å². The number of nitrogens with zero attached hydrogens (tertiary/aromatic N) is 2. The van der Waals surface area contributed by atoms with Crippen LogP contribution in [0.5, 0.6) is 0 Å². The smallest absolute Gasteiger partial charge is 0.329 e. The highest BCUT2D eigenvalue weighted by atomic mass is 16.5. The Morgan fingerprint density at radius 2 is 1.02 bits per heavy atom. The van der Waals surface area contributed by atoms with E-state index in [0.717, 1.165) is 30.4 Å². The van der Waals surface area contributed by atoms with E-state index in [-0.39, 0.29) is 48.8 Å². The number of hydrogen-bond acceptors (Lipinski definition) is 6. The zero-order valence-corrected chi connectivity index (χ0v) is 22.9. The second-order valence-corrected chi connectivity index (χ2v) is 11.1. The number of carbonyl (C=O) groups excluding carboxylic acids is 4. The molecule has 4 atom stereocenters. The normalized spacial score (nSPS) is 24.5. The molecule has 2 aliphatic heterocycles. The molecule has 2 unspecified atom stereocenters. The van der Waals surface area contributed by atoms with Crippen LogP contribution in [-0.4, -0.2) is 58.7 Å². The average molecular weight is 547 g/mol. The second kappa shape index (κ2) is 13.1. The summed E-state index contributed by atoms with van der Waals surface area (Å²) in [4.78, 5) is 56.3. The highest BCUT2D eigenvalue weighted by Gasteiger charge is 2.43. The lowest BCUT2D eigenvalue weighted by Crippen LogP contribution is -2.48. The summed E-state index contributed by atoms with van der Waals surface area (Å²) in [6, 6.07) is 17.9. The molecule has 2 heterocycles. The molecule has 0 radical (unpaired) electrons. The molecule has 5 rings (SSSR count). The Kier molecular flexibility index (Phi) is 9.14. The molecular weight excluding hydrogens is 508 g/mol. The molecule has 1 saturated carbocycles. The van der Waals surface area contributed by atoms with Crippen molar-refractivity contribution in [2.24, 2.45) is 11.8 Å². The van der Waals surface area contributed by atoms with E-state index >= 15 is 0 Å². The van der Waals surface area contributed by atoms with Crippen LogP contribution in [-0.2, 0) is 41.9 Å². The lowest BCUT2D eigenvalue weighted by Gasteiger charge is -2.34. The molecule has 0 bridgehead atoms. The molecule has 2 saturated heterocycles. The van der Waals surface area contributed by atoms with E-state index in [4.69, 9.17) is 9.47 Å². The number of ether oxygens (including phenoxy) is 2. The van der Waals surface area contributed by atoms with Crippen molar-refractivity contribution in [1.29, 1.82) is 0 Å². The molecule has 2 amide bonds. The van der Waals surface area contributed by atoms with Crippen molar-refractivity contribution in [2.45, 2.75) is 76.7 Å². The third kappa shape index (κ3) is 6.54. The van der Waals surface area contributed by atoms with Gasteiger partial charge in [0.15, 0.2) is 0 Å². The van der Waals surface area contributed by atoms with E-state index in [1.165, 1.54) is 0 Å². The quantitative estimate of drug-likeness (QED) is 0.460. The molecule has 0 N–H and O–H groups in total. The van der Waals surface area contributed by atoms with Gasteiger partial charge in [-0.25, -0.2) is 9.59 Å². The Bertz CT molecular complexity index is 1090. The summed E-state index contributed by atoms with van der Waals surface area (Å²) < 4.78 is 11.1. The van der Waals surface area contributed by atoms with Crippen molar-refractivity contribution < 1.29 is 28.7 Å². The summed E-state index contributed by atoms with van der Waals surface area (Å²) in [5.41, 5.74) is 1.81. The number of carbonyl (C=O) groups is 4. The SMILES string of the molecule is O=C(OCc1ccccc1)[C@H]1CCCN1C(=O)C1CCCC(C(=O)N2CCC[C@@H]2C(=O)OCc2ccccc2)C1. The molecule has 2 aromatic carbocycles. The summed E-state index contributed by atoms with van der Waals surface area (Å²) in [6.45, 7) is 1.42. The maximum absolute atomic E-state index is 13.6. The minimum Gasteiger partial charge on any atom is -0.459 e. The van der Waals surface area contributed by atoms with Gasteiger partial charge in [0.1, 0.15) is 25.3 Å². The number of rotatable bonds is 8. The van der Waals surface area contributed by atoms with Crippen LogP contribution in [0.15, 0.2) is 60.7 Å². The van der Waals surface area contributed by atoms with Crippen LogP contribution < -0.4 is 0 Å². The van der Waals surface area contributed by atoms with E-state index in [1.807, 2.05) is 60.7 Å². The van der Waals surface area contributed by atoms with Crippen LogP contribution >= 0.6 is 0 Å². The van der Waals surface area contributed by atoms with E-state index in [1.54, 1.807) is 9.80 Å². The molecular formula is C32H38N2O6. The predicted octanol–water partition coefficient (Wildman–Crippen LogP) is 4.26. The fraction of sp³-hybridized carbons (Fsp3) is 0.500. The van der Waals surface area contributed by atoms with Crippen LogP contribution in [0.2, 0.25) is 0 Å². The van der Waals surface area contributed by atoms with Crippen molar-refractivity contribution in [3.8, 4) is 0 Å². The Hall–Kier alpha value is -3.68. The van der Waals surface area contributed by atoms with Gasteiger partial charge in [-0.3, -0.25) is 9.59 Å². The molecule has 40 heavy (non-hydrogen) atoms. The second-order valence-electron chi connectivity index (χ2n) is 11.1. The maximum atomic E-state index is 13.6. The van der Waals surface area contributed by atoms with E-state index in [9.17, 15) is 19.2 Å². The molecule has 0 spiro atoms. The summed E-state index contributed by atoms with van der Waals surface area (Å²) in [7, 11) is 0. The molecule has 3 fully saturated rings. The third-order valence-corrected chi connectivity index (χ3v) is 8.44. The summed E-state index contributed by atoms with van der Waals surface area (Å²) in [5, 5.41) is 0. The fourth-order valence-corrected chi connectivity index (χ4v) is 6.31. The van der Waals surface area contributed by atoms with Crippen molar-refractivity contribution in [2.75, 3.05) is 13.1 Å². The zero-order chi connectivity index (χ0) is 27.9. The number of amides is 2. The largest absolute Gasteiger partial charge is 0.459 e. The Balaban J connectivity index is 1.16. The van der Waals surface area contributed by atoms with E-state index < -0.39 is 12.1 Å². The number of esters is 2. The molecule has 212 valence electrons. The first-order valence-electron chi connectivity index (χ1n) is 14.5. The van der Waals surface area contributed by atoms with Crippen molar-refractivity contribution in [3.05, 3.63) is 71.8 Å². The standard InChI is InChI=1S/C32H38N2O6/c35-29(33-18-8-16-27(33)31(37)39-21-23-10-3-1-4-11-23)25-14-7-15-26(20-25)30(36)34-19-9-17-28(34)32(38)40-22-24-12-5-2-6-13-24/h1-6,10-13,25-28H,7-9,14-22H2/t25?,26?,27-,28-/m1/s1. The summed E-state index contributed by atoms with van der Waals surface area (Å²) in [5.74, 6) is -1.47. The minimum absolute atomic E-state index is 0.0584. The van der Waals surface area contributed by atoms with Crippen molar-refractivity contribution in [1.82, 2.24) is 9.80 Å². The summed E-state index contributed by atoms with van der Waals surface area (Å²) in [6.07, 6.45) is 5.31. The average Bonchev–Trinajstić information content (AvgIpc) is 3.70. The number of benzene rings is 2. The predicted molar refractivity (Wildman–Crippen MR) is 147 cm³/mol. The van der Waals surface area contributed by atoms with Crippen molar-refractivity contribution in [3.63, 3.8) is 0 Å². The van der Waals surface area contributed by atoms with E-state index in [0.29, 0.717) is 45.2 Å². The molecule has 0 aromatic heterocycles.